The Labute approximate surface area is 125 Å². The number of carbonyl (C=O) groups is 1. The van der Waals surface area contributed by atoms with Crippen LogP contribution in [0.1, 0.15) is 70.6 Å². The molecule has 0 atom stereocenters. The van der Waals surface area contributed by atoms with Gasteiger partial charge in [-0.1, -0.05) is 44.9 Å². The standard InChI is InChI=1S/C15H25N5O/c21-14(17-13-8-4-1-2-5-9-13)15(10-6-3-7-11-15)20-12-16-18-19-20/h12-13H,1-11H2,(H,17,21). The quantitative estimate of drug-likeness (QED) is 0.866. The predicted molar refractivity (Wildman–Crippen MR) is 78.5 cm³/mol. The van der Waals surface area contributed by atoms with Crippen molar-refractivity contribution < 1.29 is 4.79 Å². The lowest BCUT2D eigenvalue weighted by atomic mass is 9.80. The summed E-state index contributed by atoms with van der Waals surface area (Å²) in [6.45, 7) is 0. The van der Waals surface area contributed by atoms with Gasteiger partial charge in [-0.05, 0) is 36.1 Å². The van der Waals surface area contributed by atoms with Gasteiger partial charge in [0.25, 0.3) is 0 Å². The molecule has 1 N–H and O–H groups in total. The van der Waals surface area contributed by atoms with Crippen LogP contribution in [0.5, 0.6) is 0 Å². The van der Waals surface area contributed by atoms with E-state index < -0.39 is 5.54 Å². The van der Waals surface area contributed by atoms with Crippen molar-refractivity contribution in [1.82, 2.24) is 25.5 Å². The first-order chi connectivity index (χ1) is 10.3. The van der Waals surface area contributed by atoms with Gasteiger partial charge in [0.15, 0.2) is 0 Å². The molecule has 1 aromatic rings. The molecule has 1 amide bonds. The van der Waals surface area contributed by atoms with Crippen LogP contribution < -0.4 is 5.32 Å². The molecule has 2 aliphatic rings. The molecular formula is C15H25N5O. The van der Waals surface area contributed by atoms with Crippen molar-refractivity contribution in [1.29, 1.82) is 0 Å². The fourth-order valence-corrected chi connectivity index (χ4v) is 3.80. The first-order valence-electron chi connectivity index (χ1n) is 8.36. The zero-order valence-electron chi connectivity index (χ0n) is 12.6. The molecule has 0 spiro atoms. The van der Waals surface area contributed by atoms with Crippen molar-refractivity contribution in [2.75, 3.05) is 0 Å². The van der Waals surface area contributed by atoms with Gasteiger partial charge in [-0.15, -0.1) is 5.10 Å². The molecule has 0 aliphatic heterocycles. The average Bonchev–Trinajstić information content (AvgIpc) is 2.94. The summed E-state index contributed by atoms with van der Waals surface area (Å²) in [5.74, 6) is 0.126. The van der Waals surface area contributed by atoms with Crippen molar-refractivity contribution in [3.63, 3.8) is 0 Å². The molecule has 6 nitrogen and oxygen atoms in total. The van der Waals surface area contributed by atoms with Crippen LogP contribution >= 0.6 is 0 Å². The maximum absolute atomic E-state index is 13.0. The molecular weight excluding hydrogens is 266 g/mol. The van der Waals surface area contributed by atoms with E-state index in [0.717, 1.165) is 38.5 Å². The second kappa shape index (κ2) is 6.54. The summed E-state index contributed by atoms with van der Waals surface area (Å²) in [7, 11) is 0. The van der Waals surface area contributed by atoms with E-state index in [1.807, 2.05) is 0 Å². The van der Waals surface area contributed by atoms with Gasteiger partial charge in [0.2, 0.25) is 5.91 Å². The summed E-state index contributed by atoms with van der Waals surface area (Å²) >= 11 is 0. The number of carbonyl (C=O) groups excluding carboxylic acids is 1. The predicted octanol–water partition coefficient (Wildman–Crippen LogP) is 2.17. The number of rotatable bonds is 3. The third-order valence-electron chi connectivity index (χ3n) is 5.08. The first-order valence-corrected chi connectivity index (χ1v) is 8.36. The normalized spacial score (nSPS) is 23.4. The smallest absolute Gasteiger partial charge is 0.248 e. The number of nitrogens with zero attached hydrogens (tertiary/aromatic N) is 4. The molecule has 21 heavy (non-hydrogen) atoms. The zero-order valence-corrected chi connectivity index (χ0v) is 12.6. The van der Waals surface area contributed by atoms with Crippen LogP contribution in [0.4, 0.5) is 0 Å². The number of tetrazole rings is 1. The highest BCUT2D eigenvalue weighted by atomic mass is 16.2. The highest BCUT2D eigenvalue weighted by Crippen LogP contribution is 2.34. The van der Waals surface area contributed by atoms with Gasteiger partial charge in [0.1, 0.15) is 11.9 Å². The Bertz CT molecular complexity index is 445. The van der Waals surface area contributed by atoms with Gasteiger partial charge < -0.3 is 5.32 Å². The van der Waals surface area contributed by atoms with Crippen LogP contribution in [0.2, 0.25) is 0 Å². The summed E-state index contributed by atoms with van der Waals surface area (Å²) in [6, 6.07) is 0.329. The van der Waals surface area contributed by atoms with E-state index in [1.54, 1.807) is 11.0 Å². The molecule has 3 rings (SSSR count). The van der Waals surface area contributed by atoms with Gasteiger partial charge in [-0.25, -0.2) is 4.68 Å². The number of hydrogen-bond acceptors (Lipinski definition) is 4. The van der Waals surface area contributed by atoms with E-state index >= 15 is 0 Å². The Kier molecular flexibility index (Phi) is 4.51. The van der Waals surface area contributed by atoms with Gasteiger partial charge >= 0.3 is 0 Å². The third kappa shape index (κ3) is 3.09. The molecule has 0 bridgehead atoms. The largest absolute Gasteiger partial charge is 0.351 e. The Morgan fingerprint density at radius 3 is 2.33 bits per heavy atom. The Hall–Kier alpha value is -1.46. The van der Waals surface area contributed by atoms with E-state index in [2.05, 4.69) is 20.8 Å². The summed E-state index contributed by atoms with van der Waals surface area (Å²) in [6.07, 6.45) is 13.9. The van der Waals surface area contributed by atoms with Crippen LogP contribution in [-0.4, -0.2) is 32.2 Å². The average molecular weight is 291 g/mol. The molecule has 116 valence electrons. The van der Waals surface area contributed by atoms with Gasteiger partial charge in [-0.3, -0.25) is 4.79 Å². The van der Waals surface area contributed by atoms with E-state index in [9.17, 15) is 4.79 Å². The van der Waals surface area contributed by atoms with Gasteiger partial charge in [-0.2, -0.15) is 0 Å². The number of aromatic nitrogens is 4. The topological polar surface area (TPSA) is 72.7 Å². The van der Waals surface area contributed by atoms with Crippen LogP contribution in [-0.2, 0) is 10.3 Å². The van der Waals surface area contributed by atoms with Crippen molar-refractivity contribution in [3.8, 4) is 0 Å². The Balaban J connectivity index is 1.74. The SMILES string of the molecule is O=C(NC1CCCCCC1)C1(n2cnnn2)CCCCC1. The fourth-order valence-electron chi connectivity index (χ4n) is 3.80. The zero-order chi connectivity index (χ0) is 14.5. The molecule has 1 aromatic heterocycles. The Morgan fingerprint density at radius 1 is 1.05 bits per heavy atom. The summed E-state index contributed by atoms with van der Waals surface area (Å²) in [5, 5.41) is 14.8. The highest BCUT2D eigenvalue weighted by Gasteiger charge is 2.43. The molecule has 1 heterocycles. The van der Waals surface area contributed by atoms with E-state index in [-0.39, 0.29) is 5.91 Å². The van der Waals surface area contributed by atoms with Crippen LogP contribution in [0.15, 0.2) is 6.33 Å². The van der Waals surface area contributed by atoms with Crippen LogP contribution in [0, 0.1) is 0 Å². The first kappa shape index (κ1) is 14.5. The second-order valence-electron chi connectivity index (χ2n) is 6.51. The lowest BCUT2D eigenvalue weighted by molar-refractivity contribution is -0.133. The molecule has 2 aliphatic carbocycles. The lowest BCUT2D eigenvalue weighted by Gasteiger charge is -2.36. The van der Waals surface area contributed by atoms with Crippen LogP contribution in [0.3, 0.4) is 0 Å². The molecule has 0 saturated heterocycles. The summed E-state index contributed by atoms with van der Waals surface area (Å²) in [4.78, 5) is 13.0. The minimum atomic E-state index is -0.561. The van der Waals surface area contributed by atoms with Crippen LogP contribution in [0.25, 0.3) is 0 Å². The highest BCUT2D eigenvalue weighted by molar-refractivity contribution is 5.84. The van der Waals surface area contributed by atoms with E-state index in [0.29, 0.717) is 6.04 Å². The third-order valence-corrected chi connectivity index (χ3v) is 5.08. The molecule has 6 heteroatoms. The number of amides is 1. The molecule has 0 aromatic carbocycles. The summed E-state index contributed by atoms with van der Waals surface area (Å²) in [5.41, 5.74) is -0.561. The van der Waals surface area contributed by atoms with Crippen molar-refractivity contribution >= 4 is 5.91 Å². The van der Waals surface area contributed by atoms with Gasteiger partial charge in [0.05, 0.1) is 0 Å². The van der Waals surface area contributed by atoms with Crippen molar-refractivity contribution in [2.45, 2.75) is 82.2 Å². The molecule has 0 radical (unpaired) electrons. The number of nitrogens with one attached hydrogen (secondary N) is 1. The molecule has 2 fully saturated rings. The fraction of sp³-hybridized carbons (Fsp3) is 0.867. The lowest BCUT2D eigenvalue weighted by Crippen LogP contribution is -2.53. The minimum Gasteiger partial charge on any atom is -0.351 e. The second-order valence-corrected chi connectivity index (χ2v) is 6.51. The van der Waals surface area contributed by atoms with Gasteiger partial charge in [0, 0.05) is 6.04 Å². The molecule has 0 unspecified atom stereocenters. The number of hydrogen-bond donors (Lipinski definition) is 1. The minimum absolute atomic E-state index is 0.126. The maximum atomic E-state index is 13.0. The monoisotopic (exact) mass is 291 g/mol. The summed E-state index contributed by atoms with van der Waals surface area (Å²) < 4.78 is 1.69. The van der Waals surface area contributed by atoms with E-state index in [4.69, 9.17) is 0 Å². The van der Waals surface area contributed by atoms with E-state index in [1.165, 1.54) is 32.1 Å². The molecule has 2 saturated carbocycles. The Morgan fingerprint density at radius 2 is 1.71 bits per heavy atom. The van der Waals surface area contributed by atoms with Crippen molar-refractivity contribution in [3.05, 3.63) is 6.33 Å². The maximum Gasteiger partial charge on any atom is 0.248 e. The van der Waals surface area contributed by atoms with Crippen molar-refractivity contribution in [2.24, 2.45) is 0 Å².